The van der Waals surface area contributed by atoms with E-state index in [1.807, 2.05) is 6.92 Å². The first-order valence-electron chi connectivity index (χ1n) is 7.39. The number of rotatable bonds is 6. The highest BCUT2D eigenvalue weighted by atomic mass is 35.5. The number of hydrogen-bond acceptors (Lipinski definition) is 3. The number of benzene rings is 1. The Kier molecular flexibility index (Phi) is 5.87. The minimum atomic E-state index is -1.41. The predicted octanol–water partition coefficient (Wildman–Crippen LogP) is 2.59. The molecule has 0 saturated carbocycles. The SMILES string of the molecule is CCCNC(=O)[C@@H](C(=O)c1ccc(F)cc1)n1cc(Cl)ccc1=O. The van der Waals surface area contributed by atoms with Crippen LogP contribution in [0.2, 0.25) is 5.02 Å². The van der Waals surface area contributed by atoms with E-state index >= 15 is 0 Å². The number of pyridine rings is 1. The predicted molar refractivity (Wildman–Crippen MR) is 88.8 cm³/mol. The maximum Gasteiger partial charge on any atom is 0.251 e. The first kappa shape index (κ1) is 17.9. The average molecular weight is 351 g/mol. The molecule has 0 aliphatic heterocycles. The molecular weight excluding hydrogens is 335 g/mol. The van der Waals surface area contributed by atoms with E-state index in [1.165, 1.54) is 30.5 Å². The van der Waals surface area contributed by atoms with Crippen LogP contribution in [0.15, 0.2) is 47.4 Å². The number of ketones is 1. The summed E-state index contributed by atoms with van der Waals surface area (Å²) in [6.45, 7) is 2.23. The topological polar surface area (TPSA) is 68.2 Å². The van der Waals surface area contributed by atoms with E-state index in [0.717, 1.165) is 16.7 Å². The molecule has 0 fully saturated rings. The van der Waals surface area contributed by atoms with E-state index in [-0.39, 0.29) is 10.6 Å². The lowest BCUT2D eigenvalue weighted by atomic mass is 10.0. The third kappa shape index (κ3) is 4.08. The Balaban J connectivity index is 2.48. The quantitative estimate of drug-likeness (QED) is 0.643. The van der Waals surface area contributed by atoms with Crippen LogP contribution in [0.4, 0.5) is 4.39 Å². The number of nitrogens with one attached hydrogen (secondary N) is 1. The maximum absolute atomic E-state index is 13.1. The zero-order valence-corrected chi connectivity index (χ0v) is 13.7. The summed E-state index contributed by atoms with van der Waals surface area (Å²) in [4.78, 5) is 37.3. The summed E-state index contributed by atoms with van der Waals surface area (Å²) in [6, 6.07) is 5.93. The number of carbonyl (C=O) groups is 2. The van der Waals surface area contributed by atoms with Gasteiger partial charge < -0.3 is 5.32 Å². The highest BCUT2D eigenvalue weighted by molar-refractivity contribution is 6.30. The number of aromatic nitrogens is 1. The van der Waals surface area contributed by atoms with Crippen molar-refractivity contribution in [2.45, 2.75) is 19.4 Å². The molecule has 1 N–H and O–H groups in total. The summed E-state index contributed by atoms with van der Waals surface area (Å²) in [6.07, 6.45) is 1.91. The van der Waals surface area contributed by atoms with Crippen LogP contribution in [0.1, 0.15) is 29.7 Å². The van der Waals surface area contributed by atoms with Crippen LogP contribution in [0.5, 0.6) is 0 Å². The van der Waals surface area contributed by atoms with Gasteiger partial charge in [-0.3, -0.25) is 19.0 Å². The van der Waals surface area contributed by atoms with Gasteiger partial charge in [0.25, 0.3) is 11.5 Å². The normalized spacial score (nSPS) is 11.8. The molecule has 126 valence electrons. The molecule has 7 heteroatoms. The highest BCUT2D eigenvalue weighted by Crippen LogP contribution is 2.16. The van der Waals surface area contributed by atoms with Gasteiger partial charge >= 0.3 is 0 Å². The first-order chi connectivity index (χ1) is 11.4. The number of Topliss-reactive ketones (excluding diaryl/α,β-unsaturated/α-hetero) is 1. The second kappa shape index (κ2) is 7.88. The molecule has 0 bridgehead atoms. The van der Waals surface area contributed by atoms with Gasteiger partial charge in [0.2, 0.25) is 0 Å². The second-order valence-corrected chi connectivity index (χ2v) is 5.59. The minimum Gasteiger partial charge on any atom is -0.354 e. The van der Waals surface area contributed by atoms with Gasteiger partial charge in [-0.2, -0.15) is 0 Å². The molecule has 1 heterocycles. The molecule has 2 rings (SSSR count). The maximum atomic E-state index is 13.1. The number of nitrogens with zero attached hydrogens (tertiary/aromatic N) is 1. The van der Waals surface area contributed by atoms with Crippen molar-refractivity contribution < 1.29 is 14.0 Å². The zero-order chi connectivity index (χ0) is 17.7. The number of hydrogen-bond donors (Lipinski definition) is 1. The largest absolute Gasteiger partial charge is 0.354 e. The fourth-order valence-corrected chi connectivity index (χ4v) is 2.34. The van der Waals surface area contributed by atoms with E-state index in [4.69, 9.17) is 11.6 Å². The Labute approximate surface area is 143 Å². The van der Waals surface area contributed by atoms with Crippen molar-refractivity contribution in [3.63, 3.8) is 0 Å². The van der Waals surface area contributed by atoms with E-state index in [2.05, 4.69) is 5.32 Å². The average Bonchev–Trinajstić information content (AvgIpc) is 2.56. The van der Waals surface area contributed by atoms with Crippen LogP contribution >= 0.6 is 11.6 Å². The van der Waals surface area contributed by atoms with Crippen molar-refractivity contribution in [1.82, 2.24) is 9.88 Å². The summed E-state index contributed by atoms with van der Waals surface area (Å²) in [5, 5.41) is 2.82. The Morgan fingerprint density at radius 2 is 1.88 bits per heavy atom. The molecule has 0 aliphatic rings. The number of amides is 1. The minimum absolute atomic E-state index is 0.125. The summed E-state index contributed by atoms with van der Waals surface area (Å²) < 4.78 is 14.0. The van der Waals surface area contributed by atoms with Crippen LogP contribution < -0.4 is 10.9 Å². The molecule has 0 saturated heterocycles. The first-order valence-corrected chi connectivity index (χ1v) is 7.77. The molecule has 1 amide bonds. The molecular formula is C17H16ClFN2O3. The fourth-order valence-electron chi connectivity index (χ4n) is 2.17. The molecule has 5 nitrogen and oxygen atoms in total. The lowest BCUT2D eigenvalue weighted by Gasteiger charge is -2.18. The van der Waals surface area contributed by atoms with Gasteiger partial charge in [0, 0.05) is 24.4 Å². The Hall–Kier alpha value is -2.47. The third-order valence-corrected chi connectivity index (χ3v) is 3.58. The van der Waals surface area contributed by atoms with Crippen molar-refractivity contribution >= 4 is 23.3 Å². The Morgan fingerprint density at radius 1 is 1.21 bits per heavy atom. The number of carbonyl (C=O) groups excluding carboxylic acids is 2. The summed E-state index contributed by atoms with van der Waals surface area (Å²) in [7, 11) is 0. The smallest absolute Gasteiger partial charge is 0.251 e. The Morgan fingerprint density at radius 3 is 2.50 bits per heavy atom. The van der Waals surface area contributed by atoms with Crippen molar-refractivity contribution in [3.05, 3.63) is 69.4 Å². The van der Waals surface area contributed by atoms with Crippen molar-refractivity contribution in [2.75, 3.05) is 6.54 Å². The molecule has 24 heavy (non-hydrogen) atoms. The van der Waals surface area contributed by atoms with Gasteiger partial charge in [-0.25, -0.2) is 4.39 Å². The van der Waals surface area contributed by atoms with Crippen LogP contribution in [-0.2, 0) is 4.79 Å². The molecule has 1 aromatic carbocycles. The summed E-state index contributed by atoms with van der Waals surface area (Å²) in [5.74, 6) is -1.73. The zero-order valence-electron chi connectivity index (χ0n) is 13.0. The van der Waals surface area contributed by atoms with Crippen molar-refractivity contribution in [3.8, 4) is 0 Å². The lowest BCUT2D eigenvalue weighted by molar-refractivity contribution is -0.123. The van der Waals surface area contributed by atoms with Gasteiger partial charge in [-0.05, 0) is 36.8 Å². The molecule has 1 atom stereocenters. The van der Waals surface area contributed by atoms with Gasteiger partial charge in [0.05, 0.1) is 5.02 Å². The molecule has 1 aromatic heterocycles. The van der Waals surface area contributed by atoms with Crippen LogP contribution in [0.25, 0.3) is 0 Å². The van der Waals surface area contributed by atoms with E-state index in [9.17, 15) is 18.8 Å². The van der Waals surface area contributed by atoms with Crippen LogP contribution in [0.3, 0.4) is 0 Å². The van der Waals surface area contributed by atoms with Crippen LogP contribution in [-0.4, -0.2) is 22.8 Å². The molecule has 0 radical (unpaired) electrons. The van der Waals surface area contributed by atoms with Gasteiger partial charge in [-0.15, -0.1) is 0 Å². The van der Waals surface area contributed by atoms with Crippen molar-refractivity contribution in [2.24, 2.45) is 0 Å². The molecule has 0 unspecified atom stereocenters. The lowest BCUT2D eigenvalue weighted by Crippen LogP contribution is -2.41. The van der Waals surface area contributed by atoms with E-state index < -0.39 is 29.1 Å². The second-order valence-electron chi connectivity index (χ2n) is 5.16. The molecule has 0 spiro atoms. The monoisotopic (exact) mass is 350 g/mol. The fraction of sp³-hybridized carbons (Fsp3) is 0.235. The van der Waals surface area contributed by atoms with E-state index in [0.29, 0.717) is 13.0 Å². The molecule has 0 aliphatic carbocycles. The van der Waals surface area contributed by atoms with Crippen molar-refractivity contribution in [1.29, 1.82) is 0 Å². The standard InChI is InChI=1S/C17H16ClFN2O3/c1-2-9-20-17(24)15(21-10-12(18)5-8-14(21)22)16(23)11-3-6-13(19)7-4-11/h3-8,10,15H,2,9H2,1H3,(H,20,24)/t15-/m1/s1. The summed E-state index contributed by atoms with van der Waals surface area (Å²) >= 11 is 5.89. The number of halogens is 2. The highest BCUT2D eigenvalue weighted by Gasteiger charge is 2.30. The third-order valence-electron chi connectivity index (χ3n) is 3.35. The van der Waals surface area contributed by atoms with Crippen LogP contribution in [0, 0.1) is 5.82 Å². The van der Waals surface area contributed by atoms with Gasteiger partial charge in [-0.1, -0.05) is 18.5 Å². The Bertz CT molecular complexity index is 802. The van der Waals surface area contributed by atoms with E-state index in [1.54, 1.807) is 0 Å². The summed E-state index contributed by atoms with van der Waals surface area (Å²) in [5.41, 5.74) is -0.411. The van der Waals surface area contributed by atoms with Gasteiger partial charge in [0.15, 0.2) is 11.8 Å². The van der Waals surface area contributed by atoms with Gasteiger partial charge in [0.1, 0.15) is 5.82 Å². The molecule has 2 aromatic rings.